The van der Waals surface area contributed by atoms with Crippen LogP contribution in [0.1, 0.15) is 59.6 Å². The van der Waals surface area contributed by atoms with E-state index < -0.39 is 11.1 Å². The van der Waals surface area contributed by atoms with E-state index in [0.717, 1.165) is 49.2 Å². The number of hydrogen-bond acceptors (Lipinski definition) is 10. The Hall–Kier alpha value is -3.57. The van der Waals surface area contributed by atoms with Crippen LogP contribution in [-0.2, 0) is 11.3 Å². The van der Waals surface area contributed by atoms with E-state index in [9.17, 15) is 9.90 Å². The molecule has 0 bridgehead atoms. The van der Waals surface area contributed by atoms with Crippen LogP contribution in [0.2, 0.25) is 0 Å². The number of aliphatic hydroxyl groups is 1. The van der Waals surface area contributed by atoms with Crippen LogP contribution in [-0.4, -0.2) is 84.9 Å². The summed E-state index contributed by atoms with van der Waals surface area (Å²) in [4.78, 5) is 34.5. The molecule has 1 amide bonds. The smallest absolute Gasteiger partial charge is 0.410 e. The molecule has 4 rings (SSSR count). The molecule has 0 aliphatic carbocycles. The molecule has 1 saturated heterocycles. The van der Waals surface area contributed by atoms with E-state index in [-0.39, 0.29) is 18.6 Å². The highest BCUT2D eigenvalue weighted by Gasteiger charge is 2.27. The fourth-order valence-corrected chi connectivity index (χ4v) is 4.65. The topological polar surface area (TPSA) is 143 Å². The summed E-state index contributed by atoms with van der Waals surface area (Å²) < 4.78 is 5.49. The standard InChI is InChI=1S/C29H42N8O3/c1-6-7-10-29(5,19-38)35-25-24-23(33-26(30)34-25)15-21(17-32-24)20-8-9-22(31-16-20)18-36-11-13-37(14-12-36)27(39)40-28(2,3)4/h8-9,15-17,38H,6-7,10-14,18-19H2,1-5H3,(H3,30,33,34,35). The number of anilines is 2. The van der Waals surface area contributed by atoms with Gasteiger partial charge < -0.3 is 25.8 Å². The second-order valence-electron chi connectivity index (χ2n) is 11.8. The molecule has 0 aromatic carbocycles. The minimum Gasteiger partial charge on any atom is -0.444 e. The Balaban J connectivity index is 1.42. The van der Waals surface area contributed by atoms with Gasteiger partial charge in [-0.1, -0.05) is 25.8 Å². The first kappa shape index (κ1) is 29.4. The fraction of sp³-hybridized carbons (Fsp3) is 0.552. The van der Waals surface area contributed by atoms with Crippen molar-refractivity contribution in [3.8, 4) is 11.1 Å². The number of unbranched alkanes of at least 4 members (excludes halogenated alkanes) is 1. The summed E-state index contributed by atoms with van der Waals surface area (Å²) in [5.74, 6) is 0.659. The zero-order valence-electron chi connectivity index (χ0n) is 24.3. The number of nitrogen functional groups attached to an aromatic ring is 1. The number of aromatic nitrogens is 4. The molecule has 11 nitrogen and oxygen atoms in total. The van der Waals surface area contributed by atoms with Crippen molar-refractivity contribution in [3.05, 3.63) is 36.3 Å². The molecule has 4 N–H and O–H groups in total. The second kappa shape index (κ2) is 12.3. The fourth-order valence-electron chi connectivity index (χ4n) is 4.65. The number of nitrogens with two attached hydrogens (primary N) is 1. The van der Waals surface area contributed by atoms with Crippen LogP contribution in [0.4, 0.5) is 16.6 Å². The molecule has 0 saturated carbocycles. The van der Waals surface area contributed by atoms with Gasteiger partial charge in [-0.2, -0.15) is 4.98 Å². The molecule has 4 heterocycles. The normalized spacial score (nSPS) is 16.1. The first-order chi connectivity index (χ1) is 19.0. The summed E-state index contributed by atoms with van der Waals surface area (Å²) in [6, 6.07) is 5.97. The van der Waals surface area contributed by atoms with Gasteiger partial charge in [-0.25, -0.2) is 9.78 Å². The number of piperazine rings is 1. The van der Waals surface area contributed by atoms with Gasteiger partial charge in [0.05, 0.1) is 23.4 Å². The van der Waals surface area contributed by atoms with Crippen molar-refractivity contribution >= 4 is 28.9 Å². The van der Waals surface area contributed by atoms with Gasteiger partial charge in [-0.3, -0.25) is 14.9 Å². The number of rotatable bonds is 9. The third kappa shape index (κ3) is 7.54. The Morgan fingerprint density at radius 1 is 1.07 bits per heavy atom. The maximum Gasteiger partial charge on any atom is 0.410 e. The Labute approximate surface area is 236 Å². The van der Waals surface area contributed by atoms with E-state index in [4.69, 9.17) is 10.5 Å². The summed E-state index contributed by atoms with van der Waals surface area (Å²) in [7, 11) is 0. The van der Waals surface area contributed by atoms with E-state index in [0.29, 0.717) is 36.5 Å². The first-order valence-electron chi connectivity index (χ1n) is 14.0. The molecule has 1 fully saturated rings. The van der Waals surface area contributed by atoms with Crippen LogP contribution >= 0.6 is 0 Å². The zero-order chi connectivity index (χ0) is 28.9. The lowest BCUT2D eigenvalue weighted by Gasteiger charge is -2.35. The number of ether oxygens (including phenoxy) is 1. The molecular formula is C29H42N8O3. The lowest BCUT2D eigenvalue weighted by atomic mass is 9.96. The van der Waals surface area contributed by atoms with Gasteiger partial charge >= 0.3 is 6.09 Å². The van der Waals surface area contributed by atoms with Crippen molar-refractivity contribution in [1.82, 2.24) is 29.7 Å². The van der Waals surface area contributed by atoms with Crippen LogP contribution in [0, 0.1) is 0 Å². The van der Waals surface area contributed by atoms with Gasteiger partial charge in [0.25, 0.3) is 0 Å². The molecule has 1 unspecified atom stereocenters. The van der Waals surface area contributed by atoms with Gasteiger partial charge in [-0.05, 0) is 46.2 Å². The summed E-state index contributed by atoms with van der Waals surface area (Å²) in [5.41, 5.74) is 8.98. The molecule has 40 heavy (non-hydrogen) atoms. The highest BCUT2D eigenvalue weighted by Crippen LogP contribution is 2.28. The third-order valence-electron chi connectivity index (χ3n) is 6.97. The lowest BCUT2D eigenvalue weighted by molar-refractivity contribution is 0.0138. The Morgan fingerprint density at radius 3 is 2.42 bits per heavy atom. The average molecular weight is 551 g/mol. The minimum absolute atomic E-state index is 0.0338. The second-order valence-corrected chi connectivity index (χ2v) is 11.8. The number of nitrogens with one attached hydrogen (secondary N) is 1. The van der Waals surface area contributed by atoms with Gasteiger partial charge in [0.2, 0.25) is 5.95 Å². The number of fused-ring (bicyclic) bond motifs is 1. The summed E-state index contributed by atoms with van der Waals surface area (Å²) in [6.07, 6.45) is 6.16. The highest BCUT2D eigenvalue weighted by molar-refractivity contribution is 5.89. The maximum atomic E-state index is 12.3. The monoisotopic (exact) mass is 550 g/mol. The van der Waals surface area contributed by atoms with E-state index in [1.54, 1.807) is 11.1 Å². The average Bonchev–Trinajstić information content (AvgIpc) is 2.91. The molecule has 0 radical (unpaired) electrons. The minimum atomic E-state index is -0.536. The van der Waals surface area contributed by atoms with Gasteiger partial charge in [-0.15, -0.1) is 0 Å². The number of aliphatic hydroxyl groups excluding tert-OH is 1. The Kier molecular flexibility index (Phi) is 9.05. The molecular weight excluding hydrogens is 508 g/mol. The van der Waals surface area contributed by atoms with E-state index in [2.05, 4.69) is 37.1 Å². The predicted octanol–water partition coefficient (Wildman–Crippen LogP) is 4.07. The number of amides is 1. The van der Waals surface area contributed by atoms with Gasteiger partial charge in [0.15, 0.2) is 5.82 Å². The molecule has 1 atom stereocenters. The van der Waals surface area contributed by atoms with Crippen molar-refractivity contribution < 1.29 is 14.6 Å². The molecule has 0 spiro atoms. The quantitative estimate of drug-likeness (QED) is 0.357. The predicted molar refractivity (Wildman–Crippen MR) is 157 cm³/mol. The first-order valence-corrected chi connectivity index (χ1v) is 14.0. The van der Waals surface area contributed by atoms with Crippen LogP contribution in [0.25, 0.3) is 22.2 Å². The molecule has 1 aliphatic heterocycles. The van der Waals surface area contributed by atoms with Crippen molar-refractivity contribution in [2.45, 2.75) is 71.6 Å². The number of carbonyl (C=O) groups excluding carboxylic acids is 1. The van der Waals surface area contributed by atoms with E-state index in [1.807, 2.05) is 52.1 Å². The Morgan fingerprint density at radius 2 is 1.80 bits per heavy atom. The van der Waals surface area contributed by atoms with Crippen molar-refractivity contribution in [2.24, 2.45) is 0 Å². The van der Waals surface area contributed by atoms with Gasteiger partial charge in [0, 0.05) is 56.2 Å². The molecule has 3 aromatic rings. The number of pyridine rings is 2. The van der Waals surface area contributed by atoms with Crippen LogP contribution < -0.4 is 11.1 Å². The molecule has 11 heteroatoms. The van der Waals surface area contributed by atoms with Gasteiger partial charge in [0.1, 0.15) is 11.1 Å². The van der Waals surface area contributed by atoms with Crippen molar-refractivity contribution in [3.63, 3.8) is 0 Å². The molecule has 1 aliphatic rings. The SMILES string of the molecule is CCCCC(C)(CO)Nc1nc(N)nc2cc(-c3ccc(CN4CCN(C(=O)OC(C)(C)C)CC4)nc3)cnc12. The third-order valence-corrected chi connectivity index (χ3v) is 6.97. The van der Waals surface area contributed by atoms with Crippen molar-refractivity contribution in [1.29, 1.82) is 0 Å². The van der Waals surface area contributed by atoms with Crippen LogP contribution in [0.3, 0.4) is 0 Å². The van der Waals surface area contributed by atoms with E-state index in [1.165, 1.54) is 0 Å². The molecule has 3 aromatic heterocycles. The maximum absolute atomic E-state index is 12.3. The number of hydrogen-bond donors (Lipinski definition) is 3. The summed E-state index contributed by atoms with van der Waals surface area (Å²) in [5, 5.41) is 13.4. The van der Waals surface area contributed by atoms with Crippen molar-refractivity contribution in [2.75, 3.05) is 43.8 Å². The summed E-state index contributed by atoms with van der Waals surface area (Å²) >= 11 is 0. The lowest BCUT2D eigenvalue weighted by Crippen LogP contribution is -2.49. The largest absolute Gasteiger partial charge is 0.444 e. The van der Waals surface area contributed by atoms with Crippen LogP contribution in [0.5, 0.6) is 0 Å². The highest BCUT2D eigenvalue weighted by atomic mass is 16.6. The summed E-state index contributed by atoms with van der Waals surface area (Å²) in [6.45, 7) is 13.2. The number of nitrogens with zero attached hydrogens (tertiary/aromatic N) is 6. The van der Waals surface area contributed by atoms with E-state index >= 15 is 0 Å². The van der Waals surface area contributed by atoms with Crippen LogP contribution in [0.15, 0.2) is 30.6 Å². The number of carbonyl (C=O) groups is 1. The Bertz CT molecular complexity index is 1300. The zero-order valence-corrected chi connectivity index (χ0v) is 24.3. The molecule has 216 valence electrons.